The maximum Gasteiger partial charge on any atom is 0.0938 e. The highest BCUT2D eigenvalue weighted by Gasteiger charge is 2.17. The summed E-state index contributed by atoms with van der Waals surface area (Å²) in [7, 11) is 0. The Balaban J connectivity index is 1.94. The van der Waals surface area contributed by atoms with Crippen molar-refractivity contribution in [3.63, 3.8) is 0 Å². The van der Waals surface area contributed by atoms with E-state index in [2.05, 4.69) is 56.0 Å². The maximum atomic E-state index is 10.5. The highest BCUT2D eigenvalue weighted by atomic mass is 79.9. The molecule has 0 aliphatic carbocycles. The normalized spacial score (nSPS) is 13.0. The summed E-state index contributed by atoms with van der Waals surface area (Å²) in [6.45, 7) is 2.90. The average molecular weight is 430 g/mol. The van der Waals surface area contributed by atoms with Crippen LogP contribution in [0.4, 0.5) is 0 Å². The Morgan fingerprint density at radius 2 is 2.10 bits per heavy atom. The predicted molar refractivity (Wildman–Crippen MR) is 93.8 cm³/mol. The van der Waals surface area contributed by atoms with Gasteiger partial charge in [-0.3, -0.25) is 4.68 Å². The van der Waals surface area contributed by atoms with Gasteiger partial charge in [0, 0.05) is 27.7 Å². The molecule has 0 aliphatic rings. The highest BCUT2D eigenvalue weighted by Crippen LogP contribution is 2.36. The molecule has 0 fully saturated rings. The molecule has 0 saturated heterocycles. The summed E-state index contributed by atoms with van der Waals surface area (Å²) >= 11 is 8.47. The van der Waals surface area contributed by atoms with Crippen LogP contribution in [0.15, 0.2) is 38.6 Å². The zero-order chi connectivity index (χ0) is 15.0. The quantitative estimate of drug-likeness (QED) is 0.639. The van der Waals surface area contributed by atoms with E-state index in [4.69, 9.17) is 0 Å². The molecule has 110 valence electrons. The summed E-state index contributed by atoms with van der Waals surface area (Å²) in [5.74, 6) is 0. The van der Waals surface area contributed by atoms with Gasteiger partial charge >= 0.3 is 0 Å². The van der Waals surface area contributed by atoms with Crippen LogP contribution >= 0.6 is 43.2 Å². The molecular formula is C15H14Br2N2OS. The molecule has 0 aliphatic heterocycles. The Labute approximate surface area is 143 Å². The van der Waals surface area contributed by atoms with E-state index < -0.39 is 6.10 Å². The minimum atomic E-state index is -0.541. The second-order valence-corrected chi connectivity index (χ2v) is 8.03. The van der Waals surface area contributed by atoms with Gasteiger partial charge in [0.2, 0.25) is 0 Å². The number of fused-ring (bicyclic) bond motifs is 1. The van der Waals surface area contributed by atoms with E-state index in [-0.39, 0.29) is 0 Å². The Morgan fingerprint density at radius 1 is 1.33 bits per heavy atom. The number of hydrogen-bond donors (Lipinski definition) is 1. The zero-order valence-corrected chi connectivity index (χ0v) is 15.4. The molecule has 0 bridgehead atoms. The number of thiophene rings is 1. The van der Waals surface area contributed by atoms with Crippen LogP contribution in [-0.4, -0.2) is 14.9 Å². The van der Waals surface area contributed by atoms with Gasteiger partial charge in [-0.1, -0.05) is 18.2 Å². The van der Waals surface area contributed by atoms with Gasteiger partial charge in [0.1, 0.15) is 0 Å². The van der Waals surface area contributed by atoms with E-state index in [9.17, 15) is 5.11 Å². The van der Waals surface area contributed by atoms with E-state index >= 15 is 0 Å². The third-order valence-corrected chi connectivity index (χ3v) is 6.77. The van der Waals surface area contributed by atoms with Crippen LogP contribution in [0.2, 0.25) is 0 Å². The van der Waals surface area contributed by atoms with Crippen molar-refractivity contribution in [2.45, 2.75) is 26.0 Å². The lowest BCUT2D eigenvalue weighted by molar-refractivity contribution is 0.181. The van der Waals surface area contributed by atoms with Crippen molar-refractivity contribution >= 4 is 54.1 Å². The van der Waals surface area contributed by atoms with Crippen LogP contribution in [0.1, 0.15) is 23.6 Å². The van der Waals surface area contributed by atoms with E-state index in [1.54, 1.807) is 11.3 Å². The van der Waals surface area contributed by atoms with Crippen molar-refractivity contribution in [1.82, 2.24) is 9.78 Å². The van der Waals surface area contributed by atoms with Crippen LogP contribution in [0, 0.1) is 0 Å². The van der Waals surface area contributed by atoms with Gasteiger partial charge in [-0.25, -0.2) is 0 Å². The summed E-state index contributed by atoms with van der Waals surface area (Å²) in [6.07, 6.45) is -0.0198. The molecule has 21 heavy (non-hydrogen) atoms. The first-order valence-corrected chi connectivity index (χ1v) is 9.07. The van der Waals surface area contributed by atoms with Crippen molar-refractivity contribution in [3.05, 3.63) is 49.2 Å². The molecule has 2 heterocycles. The van der Waals surface area contributed by atoms with Crippen molar-refractivity contribution in [1.29, 1.82) is 0 Å². The molecule has 1 atom stereocenters. The monoisotopic (exact) mass is 428 g/mol. The van der Waals surface area contributed by atoms with Crippen molar-refractivity contribution in [2.24, 2.45) is 0 Å². The lowest BCUT2D eigenvalue weighted by Gasteiger charge is -2.06. The summed E-state index contributed by atoms with van der Waals surface area (Å²) in [4.78, 5) is 0.934. The van der Waals surface area contributed by atoms with E-state index in [0.29, 0.717) is 6.42 Å². The maximum absolute atomic E-state index is 10.5. The predicted octanol–water partition coefficient (Wildman–Crippen LogP) is 4.92. The molecule has 3 nitrogen and oxygen atoms in total. The van der Waals surface area contributed by atoms with Gasteiger partial charge < -0.3 is 5.11 Å². The molecular weight excluding hydrogens is 416 g/mol. The summed E-state index contributed by atoms with van der Waals surface area (Å²) in [5, 5.41) is 16.2. The summed E-state index contributed by atoms with van der Waals surface area (Å²) < 4.78 is 3.96. The van der Waals surface area contributed by atoms with Gasteiger partial charge in [-0.15, -0.1) is 11.3 Å². The number of hydrogen-bond acceptors (Lipinski definition) is 3. The van der Waals surface area contributed by atoms with Crippen molar-refractivity contribution in [3.8, 4) is 0 Å². The fourth-order valence-electron chi connectivity index (χ4n) is 2.40. The minimum absolute atomic E-state index is 0.521. The third-order valence-electron chi connectivity index (χ3n) is 3.41. The number of halogens is 2. The number of aromatic nitrogens is 2. The van der Waals surface area contributed by atoms with Crippen molar-refractivity contribution in [2.75, 3.05) is 0 Å². The van der Waals surface area contributed by atoms with Gasteiger partial charge in [0.05, 0.1) is 21.1 Å². The van der Waals surface area contributed by atoms with Gasteiger partial charge in [-0.05, 0) is 50.9 Å². The van der Waals surface area contributed by atoms with Crippen LogP contribution < -0.4 is 0 Å². The number of aliphatic hydroxyl groups is 1. The Kier molecular flexibility index (Phi) is 4.49. The van der Waals surface area contributed by atoms with Crippen LogP contribution in [0.25, 0.3) is 10.9 Å². The Bertz CT molecular complexity index is 762. The summed E-state index contributed by atoms with van der Waals surface area (Å²) in [5.41, 5.74) is 2.07. The minimum Gasteiger partial charge on any atom is -0.387 e. The lowest BCUT2D eigenvalue weighted by atomic mass is 10.1. The lowest BCUT2D eigenvalue weighted by Crippen LogP contribution is -2.02. The largest absolute Gasteiger partial charge is 0.387 e. The second kappa shape index (κ2) is 6.20. The molecule has 1 N–H and O–H groups in total. The van der Waals surface area contributed by atoms with Gasteiger partial charge in [0.25, 0.3) is 0 Å². The number of rotatable bonds is 4. The molecule has 1 aromatic carbocycles. The van der Waals surface area contributed by atoms with Crippen molar-refractivity contribution < 1.29 is 5.11 Å². The molecule has 0 radical (unpaired) electrons. The Hall–Kier alpha value is -0.690. The first-order valence-electron chi connectivity index (χ1n) is 6.67. The smallest absolute Gasteiger partial charge is 0.0938 e. The van der Waals surface area contributed by atoms with Gasteiger partial charge in [-0.2, -0.15) is 5.10 Å². The summed E-state index contributed by atoms with van der Waals surface area (Å²) in [6, 6.07) is 10.1. The number of benzene rings is 1. The highest BCUT2D eigenvalue weighted by molar-refractivity contribution is 9.13. The number of nitrogens with zero attached hydrogens (tertiary/aromatic N) is 2. The van der Waals surface area contributed by atoms with Crippen LogP contribution in [-0.2, 0) is 13.0 Å². The number of para-hydroxylation sites is 1. The molecule has 3 rings (SSSR count). The molecule has 1 unspecified atom stereocenters. The fourth-order valence-corrected chi connectivity index (χ4v) is 4.47. The fraction of sp³-hybridized carbons (Fsp3) is 0.267. The van der Waals surface area contributed by atoms with E-state index in [0.717, 1.165) is 36.3 Å². The topological polar surface area (TPSA) is 38.0 Å². The molecule has 6 heteroatoms. The second-order valence-electron chi connectivity index (χ2n) is 4.77. The molecule has 0 spiro atoms. The molecule has 0 saturated carbocycles. The average Bonchev–Trinajstić information content (AvgIpc) is 3.01. The van der Waals surface area contributed by atoms with Crippen LogP contribution in [0.3, 0.4) is 0 Å². The SMILES string of the molecule is CCn1nc(CC(O)c2cc(Br)c(Br)s2)c2ccccc21. The molecule has 3 aromatic rings. The third kappa shape index (κ3) is 2.95. The number of aliphatic hydroxyl groups excluding tert-OH is 1. The first kappa shape index (κ1) is 15.2. The van der Waals surface area contributed by atoms with E-state index in [1.165, 1.54) is 0 Å². The van der Waals surface area contributed by atoms with Gasteiger partial charge in [0.15, 0.2) is 0 Å². The first-order chi connectivity index (χ1) is 10.1. The Morgan fingerprint density at radius 3 is 2.76 bits per heavy atom. The molecule has 2 aromatic heterocycles. The number of aryl methyl sites for hydroxylation is 1. The van der Waals surface area contributed by atoms with Crippen LogP contribution in [0.5, 0.6) is 0 Å². The standard InChI is InChI=1S/C15H14Br2N2OS/c1-2-19-12-6-4-3-5-9(12)11(18-19)8-13(20)14-7-10(16)15(17)21-14/h3-7,13,20H,2,8H2,1H3. The molecule has 0 amide bonds. The zero-order valence-electron chi connectivity index (χ0n) is 11.4. The van der Waals surface area contributed by atoms with E-state index in [1.807, 2.05) is 22.9 Å².